The molecular weight excluding hydrogens is 264 g/mol. The molecule has 0 atom stereocenters. The van der Waals surface area contributed by atoms with Crippen molar-refractivity contribution in [3.8, 4) is 0 Å². The molecule has 2 aromatic rings. The molecule has 0 aliphatic rings. The fourth-order valence-corrected chi connectivity index (χ4v) is 2.42. The summed E-state index contributed by atoms with van der Waals surface area (Å²) in [5.74, 6) is 0.0601. The molecule has 0 bridgehead atoms. The maximum absolute atomic E-state index is 11.6. The molecule has 21 heavy (non-hydrogen) atoms. The number of hydrogen-bond acceptors (Lipinski definition) is 3. The summed E-state index contributed by atoms with van der Waals surface area (Å²) in [6, 6.07) is 9.53. The van der Waals surface area contributed by atoms with Gasteiger partial charge in [-0.25, -0.2) is 9.78 Å². The fourth-order valence-electron chi connectivity index (χ4n) is 2.42. The SMILES string of the molecule is CC(C)CN(c1nc2ccccc2cc1C(=O)O)C(C)C. The van der Waals surface area contributed by atoms with Crippen LogP contribution in [0.5, 0.6) is 0 Å². The molecule has 112 valence electrons. The van der Waals surface area contributed by atoms with Crippen LogP contribution in [-0.2, 0) is 0 Å². The Labute approximate surface area is 125 Å². The third-order valence-corrected chi connectivity index (χ3v) is 3.39. The average Bonchev–Trinajstić information content (AvgIpc) is 2.42. The number of hydrogen-bond donors (Lipinski definition) is 1. The van der Waals surface area contributed by atoms with E-state index in [9.17, 15) is 9.90 Å². The Morgan fingerprint density at radius 3 is 2.48 bits per heavy atom. The van der Waals surface area contributed by atoms with Crippen LogP contribution in [0.2, 0.25) is 0 Å². The summed E-state index contributed by atoms with van der Waals surface area (Å²) in [7, 11) is 0. The topological polar surface area (TPSA) is 53.4 Å². The zero-order valence-corrected chi connectivity index (χ0v) is 13.0. The number of para-hydroxylation sites is 1. The molecule has 1 heterocycles. The number of fused-ring (bicyclic) bond motifs is 1. The van der Waals surface area contributed by atoms with E-state index in [0.717, 1.165) is 17.4 Å². The van der Waals surface area contributed by atoms with Crippen LogP contribution in [-0.4, -0.2) is 28.6 Å². The van der Waals surface area contributed by atoms with Crippen molar-refractivity contribution in [2.24, 2.45) is 5.92 Å². The highest BCUT2D eigenvalue weighted by molar-refractivity contribution is 5.98. The van der Waals surface area contributed by atoms with Crippen LogP contribution >= 0.6 is 0 Å². The van der Waals surface area contributed by atoms with Crippen LogP contribution in [0.1, 0.15) is 38.1 Å². The van der Waals surface area contributed by atoms with Crippen LogP contribution < -0.4 is 4.90 Å². The number of aromatic nitrogens is 1. The maximum atomic E-state index is 11.6. The summed E-state index contributed by atoms with van der Waals surface area (Å²) in [6.45, 7) is 9.15. The number of carboxylic acids is 1. The van der Waals surface area contributed by atoms with Crippen molar-refractivity contribution in [2.45, 2.75) is 33.7 Å². The number of anilines is 1. The minimum atomic E-state index is -0.933. The Hall–Kier alpha value is -2.10. The Morgan fingerprint density at radius 1 is 1.24 bits per heavy atom. The minimum absolute atomic E-state index is 0.194. The third kappa shape index (κ3) is 3.32. The highest BCUT2D eigenvalue weighted by atomic mass is 16.4. The highest BCUT2D eigenvalue weighted by Gasteiger charge is 2.21. The average molecular weight is 286 g/mol. The second kappa shape index (κ2) is 6.12. The second-order valence-electron chi connectivity index (χ2n) is 6.00. The molecule has 0 aliphatic carbocycles. The van der Waals surface area contributed by atoms with Crippen molar-refractivity contribution >= 4 is 22.7 Å². The molecule has 0 fully saturated rings. The number of nitrogens with zero attached hydrogens (tertiary/aromatic N) is 2. The van der Waals surface area contributed by atoms with Crippen LogP contribution in [0.3, 0.4) is 0 Å². The number of carboxylic acid groups (broad SMARTS) is 1. The number of aromatic carboxylic acids is 1. The van der Waals surface area contributed by atoms with Crippen molar-refractivity contribution < 1.29 is 9.90 Å². The molecule has 0 saturated carbocycles. The number of rotatable bonds is 5. The number of carbonyl (C=O) groups is 1. The van der Waals surface area contributed by atoms with Gasteiger partial charge in [0.25, 0.3) is 0 Å². The van der Waals surface area contributed by atoms with E-state index in [-0.39, 0.29) is 11.6 Å². The monoisotopic (exact) mass is 286 g/mol. The van der Waals surface area contributed by atoms with E-state index in [0.29, 0.717) is 11.7 Å². The second-order valence-corrected chi connectivity index (χ2v) is 6.00. The number of benzene rings is 1. The first-order chi connectivity index (χ1) is 9.90. The van der Waals surface area contributed by atoms with Crippen molar-refractivity contribution in [3.63, 3.8) is 0 Å². The van der Waals surface area contributed by atoms with Gasteiger partial charge in [0.1, 0.15) is 11.4 Å². The first kappa shape index (κ1) is 15.3. The van der Waals surface area contributed by atoms with Gasteiger partial charge in [-0.1, -0.05) is 32.0 Å². The summed E-state index contributed by atoms with van der Waals surface area (Å²) < 4.78 is 0. The fraction of sp³-hybridized carbons (Fsp3) is 0.412. The van der Waals surface area contributed by atoms with E-state index in [2.05, 4.69) is 37.6 Å². The van der Waals surface area contributed by atoms with Gasteiger partial charge >= 0.3 is 5.97 Å². The zero-order chi connectivity index (χ0) is 15.6. The van der Waals surface area contributed by atoms with Crippen molar-refractivity contribution in [1.29, 1.82) is 0 Å². The molecular formula is C17H22N2O2. The highest BCUT2D eigenvalue weighted by Crippen LogP contribution is 2.26. The predicted molar refractivity (Wildman–Crippen MR) is 86.0 cm³/mol. The molecule has 2 rings (SSSR count). The quantitative estimate of drug-likeness (QED) is 0.908. The molecule has 0 amide bonds. The van der Waals surface area contributed by atoms with Crippen molar-refractivity contribution in [3.05, 3.63) is 35.9 Å². The Kier molecular flexibility index (Phi) is 4.46. The van der Waals surface area contributed by atoms with Gasteiger partial charge in [0.15, 0.2) is 0 Å². The van der Waals surface area contributed by atoms with Gasteiger partial charge in [0, 0.05) is 18.0 Å². The molecule has 4 nitrogen and oxygen atoms in total. The van der Waals surface area contributed by atoms with Crippen LogP contribution in [0, 0.1) is 5.92 Å². The first-order valence-corrected chi connectivity index (χ1v) is 7.30. The lowest BCUT2D eigenvalue weighted by Gasteiger charge is -2.30. The van der Waals surface area contributed by atoms with Gasteiger partial charge in [-0.15, -0.1) is 0 Å². The largest absolute Gasteiger partial charge is 0.478 e. The Morgan fingerprint density at radius 2 is 1.90 bits per heavy atom. The Bertz CT molecular complexity index is 650. The summed E-state index contributed by atoms with van der Waals surface area (Å²) in [6.07, 6.45) is 0. The zero-order valence-electron chi connectivity index (χ0n) is 13.0. The van der Waals surface area contributed by atoms with Crippen LogP contribution in [0.4, 0.5) is 5.82 Å². The molecule has 0 spiro atoms. The minimum Gasteiger partial charge on any atom is -0.478 e. The van der Waals surface area contributed by atoms with E-state index < -0.39 is 5.97 Å². The van der Waals surface area contributed by atoms with Gasteiger partial charge in [0.2, 0.25) is 0 Å². The molecule has 0 saturated heterocycles. The smallest absolute Gasteiger partial charge is 0.339 e. The third-order valence-electron chi connectivity index (χ3n) is 3.39. The number of pyridine rings is 1. The summed E-state index contributed by atoms with van der Waals surface area (Å²) in [5, 5.41) is 10.4. The summed E-state index contributed by atoms with van der Waals surface area (Å²) in [4.78, 5) is 18.3. The van der Waals surface area contributed by atoms with Gasteiger partial charge in [-0.2, -0.15) is 0 Å². The van der Waals surface area contributed by atoms with E-state index >= 15 is 0 Å². The van der Waals surface area contributed by atoms with Crippen molar-refractivity contribution in [1.82, 2.24) is 4.98 Å². The van der Waals surface area contributed by atoms with Crippen LogP contribution in [0.25, 0.3) is 10.9 Å². The molecule has 1 aromatic carbocycles. The molecule has 4 heteroatoms. The first-order valence-electron chi connectivity index (χ1n) is 7.30. The lowest BCUT2D eigenvalue weighted by Crippen LogP contribution is -2.36. The standard InChI is InChI=1S/C17H22N2O2/c1-11(2)10-19(12(3)4)16-14(17(20)21)9-13-7-5-6-8-15(13)18-16/h5-9,11-12H,10H2,1-4H3,(H,20,21). The van der Waals surface area contributed by atoms with Crippen molar-refractivity contribution in [2.75, 3.05) is 11.4 Å². The van der Waals surface area contributed by atoms with Gasteiger partial charge < -0.3 is 10.0 Å². The van der Waals surface area contributed by atoms with Gasteiger partial charge in [-0.3, -0.25) is 0 Å². The summed E-state index contributed by atoms with van der Waals surface area (Å²) >= 11 is 0. The molecule has 0 aliphatic heterocycles. The van der Waals surface area contributed by atoms with E-state index in [4.69, 9.17) is 0 Å². The Balaban J connectivity index is 2.63. The lowest BCUT2D eigenvalue weighted by atomic mass is 10.1. The normalized spacial score (nSPS) is 11.3. The van der Waals surface area contributed by atoms with Gasteiger partial charge in [0.05, 0.1) is 5.52 Å². The maximum Gasteiger partial charge on any atom is 0.339 e. The summed E-state index contributed by atoms with van der Waals surface area (Å²) in [5.41, 5.74) is 1.09. The molecule has 0 radical (unpaired) electrons. The van der Waals surface area contributed by atoms with Gasteiger partial charge in [-0.05, 0) is 31.9 Å². The lowest BCUT2D eigenvalue weighted by molar-refractivity contribution is 0.0697. The van der Waals surface area contributed by atoms with E-state index in [1.54, 1.807) is 6.07 Å². The predicted octanol–water partition coefficient (Wildman–Crippen LogP) is 3.80. The molecule has 1 N–H and O–H groups in total. The molecule has 0 unspecified atom stereocenters. The molecule has 1 aromatic heterocycles. The van der Waals surface area contributed by atoms with Crippen LogP contribution in [0.15, 0.2) is 30.3 Å². The van der Waals surface area contributed by atoms with E-state index in [1.807, 2.05) is 24.3 Å². The van der Waals surface area contributed by atoms with E-state index in [1.165, 1.54) is 0 Å².